The predicted molar refractivity (Wildman–Crippen MR) is 58.5 cm³/mol. The normalized spacial score (nSPS) is 25.2. The van der Waals surface area contributed by atoms with Crippen LogP contribution in [0, 0.1) is 0 Å². The fourth-order valence-electron chi connectivity index (χ4n) is 2.35. The van der Waals surface area contributed by atoms with Crippen LogP contribution in [0.3, 0.4) is 0 Å². The summed E-state index contributed by atoms with van der Waals surface area (Å²) in [5.41, 5.74) is 7.41. The second-order valence-electron chi connectivity index (χ2n) is 4.82. The van der Waals surface area contributed by atoms with Crippen molar-refractivity contribution in [3.63, 3.8) is 0 Å². The van der Waals surface area contributed by atoms with Crippen molar-refractivity contribution in [3.05, 3.63) is 18.0 Å². The summed E-state index contributed by atoms with van der Waals surface area (Å²) >= 11 is 0. The summed E-state index contributed by atoms with van der Waals surface area (Å²) in [5, 5.41) is 4.42. The van der Waals surface area contributed by atoms with Gasteiger partial charge in [0.05, 0.1) is 17.3 Å². The lowest BCUT2D eigenvalue weighted by molar-refractivity contribution is 0.102. The summed E-state index contributed by atoms with van der Waals surface area (Å²) in [6, 6.07) is 2.64. The van der Waals surface area contributed by atoms with E-state index < -0.39 is 0 Å². The van der Waals surface area contributed by atoms with Crippen molar-refractivity contribution < 1.29 is 0 Å². The number of rotatable bonds is 3. The monoisotopic (exact) mass is 206 g/mol. The van der Waals surface area contributed by atoms with Gasteiger partial charge in [0.25, 0.3) is 0 Å². The van der Waals surface area contributed by atoms with Crippen LogP contribution in [0.4, 0.5) is 0 Å². The number of hydrogen-bond donors (Lipinski definition) is 1. The molecule has 1 aliphatic heterocycles. The van der Waals surface area contributed by atoms with Gasteiger partial charge >= 0.3 is 0 Å². The molecule has 0 amide bonds. The molecule has 1 aliphatic carbocycles. The molecule has 15 heavy (non-hydrogen) atoms. The number of nitrogens with two attached hydrogens (primary N) is 1. The third kappa shape index (κ3) is 1.40. The van der Waals surface area contributed by atoms with Crippen molar-refractivity contribution in [2.75, 3.05) is 19.6 Å². The van der Waals surface area contributed by atoms with E-state index in [1.165, 1.54) is 5.69 Å². The average Bonchev–Trinajstić information content (AvgIpc) is 2.74. The Labute approximate surface area is 90.0 Å². The first-order chi connectivity index (χ1) is 7.23. The molecule has 0 atom stereocenters. The van der Waals surface area contributed by atoms with Crippen LogP contribution >= 0.6 is 0 Å². The molecule has 3 rings (SSSR count). The Morgan fingerprint density at radius 2 is 2.27 bits per heavy atom. The molecule has 0 aromatic carbocycles. The van der Waals surface area contributed by atoms with E-state index >= 15 is 0 Å². The van der Waals surface area contributed by atoms with E-state index in [-0.39, 0.29) is 5.54 Å². The zero-order chi connectivity index (χ0) is 10.5. The molecule has 1 saturated carbocycles. The first-order valence-electron chi connectivity index (χ1n) is 5.78. The Morgan fingerprint density at radius 3 is 2.87 bits per heavy atom. The minimum Gasteiger partial charge on any atom is -0.320 e. The van der Waals surface area contributed by atoms with Gasteiger partial charge in [0.15, 0.2) is 0 Å². The molecule has 0 bridgehead atoms. The highest BCUT2D eigenvalue weighted by Gasteiger charge is 2.44. The van der Waals surface area contributed by atoms with Crippen LogP contribution in [0.25, 0.3) is 0 Å². The van der Waals surface area contributed by atoms with Gasteiger partial charge in [-0.2, -0.15) is 5.10 Å². The summed E-state index contributed by atoms with van der Waals surface area (Å²) in [7, 11) is 0. The minimum atomic E-state index is -0.0524. The highest BCUT2D eigenvalue weighted by atomic mass is 15.4. The predicted octanol–water partition coefficient (Wildman–Crippen LogP) is 0.707. The summed E-state index contributed by atoms with van der Waals surface area (Å²) < 4.78 is 2.15. The molecule has 0 unspecified atom stereocenters. The molecule has 1 aromatic heterocycles. The van der Waals surface area contributed by atoms with Crippen molar-refractivity contribution in [3.8, 4) is 0 Å². The van der Waals surface area contributed by atoms with Gasteiger partial charge in [0, 0.05) is 19.3 Å². The van der Waals surface area contributed by atoms with Crippen molar-refractivity contribution >= 4 is 0 Å². The Kier molecular flexibility index (Phi) is 1.91. The Bertz CT molecular complexity index is 360. The average molecular weight is 206 g/mol. The first-order valence-corrected chi connectivity index (χ1v) is 5.78. The molecule has 82 valence electrons. The number of likely N-dealkylation sites (N-methyl/N-ethyl adjacent to an activating group) is 1. The summed E-state index contributed by atoms with van der Waals surface area (Å²) in [4.78, 5) is 2.42. The van der Waals surface area contributed by atoms with Crippen molar-refractivity contribution in [2.45, 2.75) is 31.3 Å². The second kappa shape index (κ2) is 3.06. The third-order valence-electron chi connectivity index (χ3n) is 3.70. The van der Waals surface area contributed by atoms with Gasteiger partial charge in [-0.3, -0.25) is 9.58 Å². The molecule has 4 heteroatoms. The molecule has 0 radical (unpaired) electrons. The molecular formula is C11H18N4. The van der Waals surface area contributed by atoms with E-state index in [4.69, 9.17) is 5.73 Å². The molecule has 0 spiro atoms. The van der Waals surface area contributed by atoms with Gasteiger partial charge in [-0.1, -0.05) is 6.92 Å². The molecule has 2 N–H and O–H groups in total. The largest absolute Gasteiger partial charge is 0.320 e. The molecule has 2 aliphatic rings. The SMILES string of the molecule is CCN1CC(n2nccc2C2(N)CC2)C1. The quantitative estimate of drug-likeness (QED) is 0.792. The van der Waals surface area contributed by atoms with Gasteiger partial charge in [-0.05, 0) is 25.5 Å². The van der Waals surface area contributed by atoms with Crippen LogP contribution < -0.4 is 5.73 Å². The van der Waals surface area contributed by atoms with Crippen LogP contribution in [0.1, 0.15) is 31.5 Å². The first kappa shape index (κ1) is 9.36. The van der Waals surface area contributed by atoms with E-state index in [2.05, 4.69) is 27.7 Å². The van der Waals surface area contributed by atoms with Gasteiger partial charge < -0.3 is 5.73 Å². The maximum absolute atomic E-state index is 6.22. The highest BCUT2D eigenvalue weighted by molar-refractivity contribution is 5.22. The van der Waals surface area contributed by atoms with Crippen LogP contribution in [0.15, 0.2) is 12.3 Å². The molecule has 1 saturated heterocycles. The summed E-state index contributed by atoms with van der Waals surface area (Å²) in [5.74, 6) is 0. The van der Waals surface area contributed by atoms with E-state index in [1.807, 2.05) is 6.20 Å². The zero-order valence-corrected chi connectivity index (χ0v) is 9.19. The molecule has 4 nitrogen and oxygen atoms in total. The molecule has 1 aromatic rings. The number of nitrogens with zero attached hydrogens (tertiary/aromatic N) is 3. The fraction of sp³-hybridized carbons (Fsp3) is 0.727. The van der Waals surface area contributed by atoms with E-state index in [1.54, 1.807) is 0 Å². The van der Waals surface area contributed by atoms with Crippen LogP contribution in [-0.2, 0) is 5.54 Å². The van der Waals surface area contributed by atoms with Crippen LogP contribution in [0.5, 0.6) is 0 Å². The van der Waals surface area contributed by atoms with Crippen LogP contribution in [-0.4, -0.2) is 34.3 Å². The van der Waals surface area contributed by atoms with Crippen molar-refractivity contribution in [1.29, 1.82) is 0 Å². The lowest BCUT2D eigenvalue weighted by Gasteiger charge is -2.39. The van der Waals surface area contributed by atoms with E-state index in [0.29, 0.717) is 6.04 Å². The molecular weight excluding hydrogens is 188 g/mol. The van der Waals surface area contributed by atoms with Crippen molar-refractivity contribution in [1.82, 2.24) is 14.7 Å². The topological polar surface area (TPSA) is 47.1 Å². The maximum atomic E-state index is 6.22. The fourth-order valence-corrected chi connectivity index (χ4v) is 2.35. The second-order valence-corrected chi connectivity index (χ2v) is 4.82. The number of likely N-dealkylation sites (tertiary alicyclic amines) is 1. The third-order valence-corrected chi connectivity index (χ3v) is 3.70. The lowest BCUT2D eigenvalue weighted by atomic mass is 10.1. The molecule has 2 heterocycles. The maximum Gasteiger partial charge on any atom is 0.0776 e. The number of hydrogen-bond acceptors (Lipinski definition) is 3. The standard InChI is InChI=1S/C11H18N4/c1-2-14-7-9(8-14)15-10(3-6-13-15)11(12)4-5-11/h3,6,9H,2,4-5,7-8,12H2,1H3. The molecule has 2 fully saturated rings. The van der Waals surface area contributed by atoms with E-state index in [9.17, 15) is 0 Å². The van der Waals surface area contributed by atoms with Gasteiger partial charge in [-0.25, -0.2) is 0 Å². The van der Waals surface area contributed by atoms with Gasteiger partial charge in [0.1, 0.15) is 0 Å². The minimum absolute atomic E-state index is 0.0524. The summed E-state index contributed by atoms with van der Waals surface area (Å²) in [6.07, 6.45) is 4.11. The Hall–Kier alpha value is -0.870. The highest BCUT2D eigenvalue weighted by Crippen LogP contribution is 2.43. The van der Waals surface area contributed by atoms with Gasteiger partial charge in [0.2, 0.25) is 0 Å². The number of aromatic nitrogens is 2. The Balaban J connectivity index is 1.79. The lowest BCUT2D eigenvalue weighted by Crippen LogP contribution is -2.48. The Morgan fingerprint density at radius 1 is 1.53 bits per heavy atom. The van der Waals surface area contributed by atoms with Gasteiger partial charge in [-0.15, -0.1) is 0 Å². The zero-order valence-electron chi connectivity index (χ0n) is 9.19. The van der Waals surface area contributed by atoms with E-state index in [0.717, 1.165) is 32.5 Å². The van der Waals surface area contributed by atoms with Crippen molar-refractivity contribution in [2.24, 2.45) is 5.73 Å². The summed E-state index contributed by atoms with van der Waals surface area (Å²) in [6.45, 7) is 5.59. The smallest absolute Gasteiger partial charge is 0.0776 e. The van der Waals surface area contributed by atoms with Crippen LogP contribution in [0.2, 0.25) is 0 Å².